The summed E-state index contributed by atoms with van der Waals surface area (Å²) in [7, 11) is 2.05. The van der Waals surface area contributed by atoms with Crippen molar-refractivity contribution in [3.63, 3.8) is 0 Å². The van der Waals surface area contributed by atoms with Gasteiger partial charge < -0.3 is 0 Å². The topological polar surface area (TPSA) is 83.2 Å². The van der Waals surface area contributed by atoms with Gasteiger partial charge in [0.25, 0.3) is 0 Å². The van der Waals surface area contributed by atoms with E-state index in [4.69, 9.17) is 0 Å². The largest absolute Gasteiger partial charge is 0.283 e. The van der Waals surface area contributed by atoms with Gasteiger partial charge in [0.2, 0.25) is 0 Å². The lowest BCUT2D eigenvalue weighted by Gasteiger charge is -1.89. The molecule has 0 aliphatic carbocycles. The Morgan fingerprint density at radius 2 is 1.34 bits per heavy atom. The highest BCUT2D eigenvalue weighted by molar-refractivity contribution is 7.11. The number of rotatable bonds is 0. The average Bonchev–Trinajstić information content (AvgIpc) is 3.75. The van der Waals surface area contributed by atoms with Crippen molar-refractivity contribution in [1.29, 1.82) is 0 Å². The molecule has 0 atom stereocenters. The van der Waals surface area contributed by atoms with Gasteiger partial charge in [0, 0.05) is 51.5 Å². The molecule has 5 aromatic rings. The van der Waals surface area contributed by atoms with E-state index in [0.717, 1.165) is 39.9 Å². The molecule has 0 saturated heterocycles. The minimum Gasteiger partial charge on any atom is -0.283 e. The Balaban J connectivity index is 0.000000264. The molecule has 1 aliphatic rings. The molecule has 1 N–H and O–H groups in total. The van der Waals surface area contributed by atoms with Gasteiger partial charge in [-0.05, 0) is 116 Å². The summed E-state index contributed by atoms with van der Waals surface area (Å²) in [6, 6.07) is 8.25. The number of hydrogen-bond acceptors (Lipinski definition) is 7. The second-order valence-electron chi connectivity index (χ2n) is 10.7. The highest BCUT2D eigenvalue weighted by Gasteiger charge is 2.02. The Bertz CT molecular complexity index is 1310. The van der Waals surface area contributed by atoms with E-state index in [1.54, 1.807) is 22.7 Å². The Morgan fingerprint density at radius 3 is 1.57 bits per heavy atom. The molecule has 0 radical (unpaired) electrons. The zero-order valence-corrected chi connectivity index (χ0v) is 30.2. The molecule has 0 unspecified atom stereocenters. The Morgan fingerprint density at radius 1 is 0.682 bits per heavy atom. The van der Waals surface area contributed by atoms with E-state index in [1.807, 2.05) is 85.4 Å². The zero-order chi connectivity index (χ0) is 33.1. The number of aromatic nitrogens is 6. The van der Waals surface area contributed by atoms with Gasteiger partial charge in [-0.2, -0.15) is 5.10 Å². The van der Waals surface area contributed by atoms with E-state index < -0.39 is 0 Å². The van der Waals surface area contributed by atoms with Crippen molar-refractivity contribution in [3.8, 4) is 0 Å². The second-order valence-corrected chi connectivity index (χ2v) is 13.3. The molecule has 7 nitrogen and oxygen atoms in total. The summed E-state index contributed by atoms with van der Waals surface area (Å²) in [5, 5.41) is 10.0. The van der Waals surface area contributed by atoms with Crippen LogP contribution >= 0.6 is 22.7 Å². The standard InChI is InChI=1S/C7H9N.C6H8N2.C6H10N.C6H8S.C5H8N2.C5H7NS/c1-6-3-4-7(2)8-5-6;1-5-3-7-6(2)8-4-5;1-6-3-4-7(2)5-6;1-5-3-6(2)7-4-5;1-4-3-5(2)7-6-4;1-4-3-6-5(2)7-4/h3-5H,1-2H3;3-4H,1-2H3;4-5H,3H2,1-2H3;3-4H,1-2H3;3H,1-2H3,(H,6,7);3H,1-2H3/q;;+1;;;. The Kier molecular flexibility index (Phi) is 18.2. The summed E-state index contributed by atoms with van der Waals surface area (Å²) < 4.78 is 2.09. The molecular weight excluding hydrogens is 583 g/mol. The number of allylic oxidation sites excluding steroid dienone is 1. The van der Waals surface area contributed by atoms with Crippen LogP contribution in [-0.4, -0.2) is 48.0 Å². The van der Waals surface area contributed by atoms with Crippen molar-refractivity contribution >= 4 is 28.9 Å². The highest BCUT2D eigenvalue weighted by atomic mass is 32.1. The predicted molar refractivity (Wildman–Crippen MR) is 189 cm³/mol. The number of aromatic amines is 1. The molecule has 44 heavy (non-hydrogen) atoms. The van der Waals surface area contributed by atoms with Crippen LogP contribution in [0.2, 0.25) is 0 Å². The minimum atomic E-state index is 0.829. The molecule has 0 saturated carbocycles. The van der Waals surface area contributed by atoms with Gasteiger partial charge in [-0.3, -0.25) is 10.1 Å². The van der Waals surface area contributed by atoms with Crippen LogP contribution in [-0.2, 0) is 0 Å². The lowest BCUT2D eigenvalue weighted by Crippen LogP contribution is -1.88. The van der Waals surface area contributed by atoms with Crippen molar-refractivity contribution in [2.24, 2.45) is 0 Å². The van der Waals surface area contributed by atoms with Crippen molar-refractivity contribution in [2.75, 3.05) is 7.05 Å². The fraction of sp³-hybridized carbons (Fsp3) is 0.371. The summed E-state index contributed by atoms with van der Waals surface area (Å²) in [6.07, 6.45) is 12.8. The third-order valence-electron chi connectivity index (χ3n) is 5.53. The van der Waals surface area contributed by atoms with Crippen LogP contribution in [0.1, 0.15) is 67.7 Å². The minimum absolute atomic E-state index is 0.829. The summed E-state index contributed by atoms with van der Waals surface area (Å²) in [6.45, 7) is 22.3. The van der Waals surface area contributed by atoms with E-state index >= 15 is 0 Å². The van der Waals surface area contributed by atoms with E-state index in [1.165, 1.54) is 26.5 Å². The number of aryl methyl sites for hydroxylation is 10. The van der Waals surface area contributed by atoms with Crippen molar-refractivity contribution < 1.29 is 4.58 Å². The van der Waals surface area contributed by atoms with E-state index in [0.29, 0.717) is 0 Å². The number of hydrogen-bond donors (Lipinski definition) is 1. The number of pyridine rings is 1. The van der Waals surface area contributed by atoms with Crippen LogP contribution in [0.15, 0.2) is 66.2 Å². The average molecular weight is 633 g/mol. The fourth-order valence-corrected chi connectivity index (χ4v) is 4.71. The lowest BCUT2D eigenvalue weighted by atomic mass is 10.3. The first-order chi connectivity index (χ1) is 20.7. The number of nitrogens with one attached hydrogen (secondary N) is 1. The lowest BCUT2D eigenvalue weighted by molar-refractivity contribution is -0.414. The molecule has 236 valence electrons. The smallest absolute Gasteiger partial charge is 0.167 e. The maximum Gasteiger partial charge on any atom is 0.167 e. The number of thiazole rings is 1. The Labute approximate surface area is 272 Å². The van der Waals surface area contributed by atoms with E-state index in [2.05, 4.69) is 99.4 Å². The van der Waals surface area contributed by atoms with Crippen LogP contribution in [0.25, 0.3) is 0 Å². The third-order valence-corrected chi connectivity index (χ3v) is 7.33. The van der Waals surface area contributed by atoms with Gasteiger partial charge in [0.05, 0.1) is 17.1 Å². The maximum atomic E-state index is 4.08. The first-order valence-electron chi connectivity index (χ1n) is 14.5. The van der Waals surface area contributed by atoms with Gasteiger partial charge in [-0.25, -0.2) is 19.5 Å². The zero-order valence-electron chi connectivity index (χ0n) is 28.6. The van der Waals surface area contributed by atoms with Gasteiger partial charge in [-0.15, -0.1) is 22.7 Å². The molecule has 9 heteroatoms. The normalized spacial score (nSPS) is 10.9. The van der Waals surface area contributed by atoms with Crippen LogP contribution in [0.5, 0.6) is 0 Å². The molecular formula is C35H50N7S2+. The number of thiophene rings is 1. The molecule has 0 fully saturated rings. The number of H-pyrrole nitrogens is 1. The molecule has 6 rings (SSSR count). The van der Waals surface area contributed by atoms with E-state index in [-0.39, 0.29) is 0 Å². The third kappa shape index (κ3) is 19.4. The molecule has 0 amide bonds. The quantitative estimate of drug-likeness (QED) is 0.172. The van der Waals surface area contributed by atoms with Crippen LogP contribution in [0.3, 0.4) is 0 Å². The molecule has 0 bridgehead atoms. The van der Waals surface area contributed by atoms with Crippen molar-refractivity contribution in [1.82, 2.24) is 30.1 Å². The van der Waals surface area contributed by atoms with E-state index in [9.17, 15) is 0 Å². The summed E-state index contributed by atoms with van der Waals surface area (Å²) >= 11 is 3.54. The predicted octanol–water partition coefficient (Wildman–Crippen LogP) is 8.95. The second kappa shape index (κ2) is 21.0. The van der Waals surface area contributed by atoms with Crippen LogP contribution in [0.4, 0.5) is 0 Å². The van der Waals surface area contributed by atoms with Gasteiger partial charge in [-0.1, -0.05) is 6.07 Å². The summed E-state index contributed by atoms with van der Waals surface area (Å²) in [5.41, 5.74) is 8.40. The first kappa shape index (κ1) is 38.2. The fourth-order valence-electron chi connectivity index (χ4n) is 3.34. The van der Waals surface area contributed by atoms with Crippen LogP contribution < -0.4 is 0 Å². The van der Waals surface area contributed by atoms with Crippen LogP contribution in [0, 0.1) is 69.2 Å². The molecule has 0 spiro atoms. The van der Waals surface area contributed by atoms with Gasteiger partial charge in [0.1, 0.15) is 19.1 Å². The van der Waals surface area contributed by atoms with Gasteiger partial charge in [0.15, 0.2) is 6.20 Å². The monoisotopic (exact) mass is 632 g/mol. The molecule has 1 aliphatic heterocycles. The Hall–Kier alpha value is -3.82. The van der Waals surface area contributed by atoms with Gasteiger partial charge >= 0.3 is 0 Å². The van der Waals surface area contributed by atoms with Crippen molar-refractivity contribution in [3.05, 3.63) is 121 Å². The maximum absolute atomic E-state index is 4.08. The van der Waals surface area contributed by atoms with Crippen molar-refractivity contribution in [2.45, 2.75) is 82.6 Å². The first-order valence-corrected chi connectivity index (χ1v) is 16.2. The SMILES string of the molecule is CC1=C[N+](C)=CC1.Cc1cc(C)[nH]n1.Cc1ccc(C)nc1.Cc1cnc(C)nc1.Cc1cnc(C)s1.Cc1csc(C)c1. The molecule has 5 aromatic heterocycles. The molecule has 0 aromatic carbocycles. The summed E-state index contributed by atoms with van der Waals surface area (Å²) in [5.74, 6) is 0.829. The number of nitrogens with zero attached hydrogens (tertiary/aromatic N) is 6. The summed E-state index contributed by atoms with van der Waals surface area (Å²) in [4.78, 5) is 18.7. The highest BCUT2D eigenvalue weighted by Crippen LogP contribution is 2.10. The molecule has 6 heterocycles.